The Morgan fingerprint density at radius 3 is 2.42 bits per heavy atom. The van der Waals surface area contributed by atoms with E-state index in [0.29, 0.717) is 33.0 Å². The number of hydrogen-bond donors (Lipinski definition) is 0. The molecule has 0 saturated carbocycles. The van der Waals surface area contributed by atoms with E-state index in [0.717, 1.165) is 11.8 Å². The minimum Gasteiger partial charge on any atom is -0.279 e. The van der Waals surface area contributed by atoms with E-state index < -0.39 is 9.84 Å². The molecular weight excluding hydrogens is 430 g/mol. The molecule has 0 radical (unpaired) electrons. The number of hydrogen-bond acceptors (Lipinski definition) is 6. The number of nitrogens with zero attached hydrogens (tertiary/aromatic N) is 3. The Labute approximate surface area is 183 Å². The maximum absolute atomic E-state index is 13.4. The molecule has 1 heterocycles. The minimum atomic E-state index is -3.35. The summed E-state index contributed by atoms with van der Waals surface area (Å²) in [5.74, 6) is -0.254. The minimum absolute atomic E-state index is 0.211. The number of carbonyl (C=O) groups is 1. The van der Waals surface area contributed by atoms with Gasteiger partial charge in [-0.15, -0.1) is 0 Å². The van der Waals surface area contributed by atoms with Gasteiger partial charge in [0.25, 0.3) is 5.91 Å². The number of carbonyl (C=O) groups excluding carboxylic acids is 1. The number of benzene rings is 3. The standard InChI is InChI=1S/C23H17N3O3S2/c1-31(28,29)19-11-12-20-21(13-19)30-23(25-20)26(15-17-5-3-2-4-6-17)22(27)18-9-7-16(14-24)8-10-18/h2-13H,15H2,1H3. The van der Waals surface area contributed by atoms with Gasteiger partial charge >= 0.3 is 0 Å². The number of anilines is 1. The van der Waals surface area contributed by atoms with Crippen LogP contribution in [-0.4, -0.2) is 25.6 Å². The molecule has 4 rings (SSSR count). The molecule has 8 heteroatoms. The summed E-state index contributed by atoms with van der Waals surface area (Å²) in [6, 6.07) is 22.8. The van der Waals surface area contributed by atoms with Crippen LogP contribution in [0.1, 0.15) is 21.5 Å². The lowest BCUT2D eigenvalue weighted by Gasteiger charge is -2.20. The third kappa shape index (κ3) is 4.48. The van der Waals surface area contributed by atoms with Crippen molar-refractivity contribution >= 4 is 42.4 Å². The number of aromatic nitrogens is 1. The third-order valence-electron chi connectivity index (χ3n) is 4.70. The van der Waals surface area contributed by atoms with Crippen LogP contribution < -0.4 is 4.90 Å². The number of thiazole rings is 1. The average molecular weight is 448 g/mol. The fourth-order valence-corrected chi connectivity index (χ4v) is 4.80. The van der Waals surface area contributed by atoms with E-state index in [1.165, 1.54) is 17.4 Å². The molecule has 1 amide bonds. The van der Waals surface area contributed by atoms with Gasteiger partial charge in [-0.3, -0.25) is 9.69 Å². The van der Waals surface area contributed by atoms with Crippen LogP contribution in [0.2, 0.25) is 0 Å². The second-order valence-corrected chi connectivity index (χ2v) is 9.99. The Morgan fingerprint density at radius 2 is 1.77 bits per heavy atom. The van der Waals surface area contributed by atoms with Crippen molar-refractivity contribution in [3.05, 3.63) is 89.5 Å². The maximum Gasteiger partial charge on any atom is 0.260 e. The van der Waals surface area contributed by atoms with E-state index in [1.807, 2.05) is 36.4 Å². The molecule has 3 aromatic carbocycles. The second-order valence-electron chi connectivity index (χ2n) is 6.96. The van der Waals surface area contributed by atoms with Crippen LogP contribution in [-0.2, 0) is 16.4 Å². The van der Waals surface area contributed by atoms with Gasteiger partial charge in [0.2, 0.25) is 0 Å². The molecule has 0 aliphatic heterocycles. The van der Waals surface area contributed by atoms with Gasteiger partial charge < -0.3 is 0 Å². The highest BCUT2D eigenvalue weighted by Gasteiger charge is 2.22. The number of nitriles is 1. The molecule has 31 heavy (non-hydrogen) atoms. The van der Waals surface area contributed by atoms with Gasteiger partial charge in [-0.25, -0.2) is 13.4 Å². The van der Waals surface area contributed by atoms with Crippen molar-refractivity contribution in [2.45, 2.75) is 11.4 Å². The molecule has 0 spiro atoms. The van der Waals surface area contributed by atoms with E-state index >= 15 is 0 Å². The van der Waals surface area contributed by atoms with Gasteiger partial charge in [-0.1, -0.05) is 41.7 Å². The molecule has 0 saturated heterocycles. The van der Waals surface area contributed by atoms with Crippen LogP contribution in [0.15, 0.2) is 77.7 Å². The van der Waals surface area contributed by atoms with Gasteiger partial charge in [-0.05, 0) is 48.0 Å². The third-order valence-corrected chi connectivity index (χ3v) is 6.85. The topological polar surface area (TPSA) is 91.1 Å². The molecule has 0 aliphatic carbocycles. The highest BCUT2D eigenvalue weighted by atomic mass is 32.2. The quantitative estimate of drug-likeness (QED) is 0.452. The van der Waals surface area contributed by atoms with Gasteiger partial charge in [0, 0.05) is 11.8 Å². The first-order valence-electron chi connectivity index (χ1n) is 9.32. The normalized spacial score (nSPS) is 11.2. The summed E-state index contributed by atoms with van der Waals surface area (Å²) in [4.78, 5) is 19.7. The molecule has 0 unspecified atom stereocenters. The summed E-state index contributed by atoms with van der Waals surface area (Å²) in [5.41, 5.74) is 2.46. The van der Waals surface area contributed by atoms with E-state index in [1.54, 1.807) is 41.3 Å². The maximum atomic E-state index is 13.4. The Hall–Kier alpha value is -3.54. The molecule has 0 aliphatic rings. The molecule has 0 bridgehead atoms. The average Bonchev–Trinajstić information content (AvgIpc) is 3.20. The van der Waals surface area contributed by atoms with Crippen molar-refractivity contribution in [1.29, 1.82) is 5.26 Å². The molecule has 0 N–H and O–H groups in total. The van der Waals surface area contributed by atoms with Gasteiger partial charge in [-0.2, -0.15) is 5.26 Å². The number of sulfone groups is 1. The molecule has 4 aromatic rings. The summed E-state index contributed by atoms with van der Waals surface area (Å²) in [6.45, 7) is 0.304. The summed E-state index contributed by atoms with van der Waals surface area (Å²) in [6.07, 6.45) is 1.16. The zero-order valence-electron chi connectivity index (χ0n) is 16.5. The van der Waals surface area contributed by atoms with Gasteiger partial charge in [0.15, 0.2) is 15.0 Å². The first kappa shape index (κ1) is 20.7. The molecular formula is C23H17N3O3S2. The van der Waals surface area contributed by atoms with Gasteiger partial charge in [0.1, 0.15) is 0 Å². The van der Waals surface area contributed by atoms with Crippen LogP contribution in [0.4, 0.5) is 5.13 Å². The molecule has 154 valence electrons. The lowest BCUT2D eigenvalue weighted by molar-refractivity contribution is 0.0985. The van der Waals surface area contributed by atoms with Crippen molar-refractivity contribution in [2.24, 2.45) is 0 Å². The van der Waals surface area contributed by atoms with E-state index in [4.69, 9.17) is 5.26 Å². The van der Waals surface area contributed by atoms with E-state index in [9.17, 15) is 13.2 Å². The molecule has 6 nitrogen and oxygen atoms in total. The summed E-state index contributed by atoms with van der Waals surface area (Å²) < 4.78 is 24.5. The second kappa shape index (κ2) is 8.30. The Kier molecular flexibility index (Phi) is 5.55. The predicted molar refractivity (Wildman–Crippen MR) is 121 cm³/mol. The predicted octanol–water partition coefficient (Wildman–Crippen LogP) is 4.42. The summed E-state index contributed by atoms with van der Waals surface area (Å²) in [5, 5.41) is 9.48. The fourth-order valence-electron chi connectivity index (χ4n) is 3.07. The number of amides is 1. The summed E-state index contributed by atoms with van der Waals surface area (Å²) in [7, 11) is -3.35. The molecule has 0 atom stereocenters. The van der Waals surface area contributed by atoms with Crippen LogP contribution in [0.5, 0.6) is 0 Å². The number of rotatable bonds is 5. The number of fused-ring (bicyclic) bond motifs is 1. The van der Waals surface area contributed by atoms with E-state index in [2.05, 4.69) is 4.98 Å². The first-order valence-corrected chi connectivity index (χ1v) is 12.0. The zero-order chi connectivity index (χ0) is 22.0. The summed E-state index contributed by atoms with van der Waals surface area (Å²) >= 11 is 1.26. The highest BCUT2D eigenvalue weighted by Crippen LogP contribution is 2.32. The fraction of sp³-hybridized carbons (Fsp3) is 0.0870. The highest BCUT2D eigenvalue weighted by molar-refractivity contribution is 7.90. The first-order chi connectivity index (χ1) is 14.8. The van der Waals surface area contributed by atoms with Crippen LogP contribution in [0.25, 0.3) is 10.2 Å². The van der Waals surface area contributed by atoms with Crippen LogP contribution in [0, 0.1) is 11.3 Å². The van der Waals surface area contributed by atoms with Crippen molar-refractivity contribution in [3.8, 4) is 6.07 Å². The SMILES string of the molecule is CS(=O)(=O)c1ccc2nc(N(Cc3ccccc3)C(=O)c3ccc(C#N)cc3)sc2c1. The molecule has 1 aromatic heterocycles. The van der Waals surface area contributed by atoms with Crippen molar-refractivity contribution in [2.75, 3.05) is 11.2 Å². The lowest BCUT2D eigenvalue weighted by atomic mass is 10.1. The van der Waals surface area contributed by atoms with Crippen molar-refractivity contribution in [3.63, 3.8) is 0 Å². The Morgan fingerprint density at radius 1 is 1.06 bits per heavy atom. The van der Waals surface area contributed by atoms with Gasteiger partial charge in [0.05, 0.1) is 33.3 Å². The van der Waals surface area contributed by atoms with Crippen LogP contribution >= 0.6 is 11.3 Å². The van der Waals surface area contributed by atoms with Crippen molar-refractivity contribution < 1.29 is 13.2 Å². The lowest BCUT2D eigenvalue weighted by Crippen LogP contribution is -2.30. The van der Waals surface area contributed by atoms with Crippen LogP contribution in [0.3, 0.4) is 0 Å². The zero-order valence-corrected chi connectivity index (χ0v) is 18.2. The largest absolute Gasteiger partial charge is 0.279 e. The Balaban J connectivity index is 1.78. The monoisotopic (exact) mass is 447 g/mol. The Bertz CT molecular complexity index is 1400. The molecule has 0 fully saturated rings. The smallest absolute Gasteiger partial charge is 0.260 e. The van der Waals surface area contributed by atoms with Crippen molar-refractivity contribution in [1.82, 2.24) is 4.98 Å². The van der Waals surface area contributed by atoms with E-state index in [-0.39, 0.29) is 10.8 Å².